The molecule has 32 heavy (non-hydrogen) atoms. The van der Waals surface area contributed by atoms with E-state index in [2.05, 4.69) is 16.0 Å². The van der Waals surface area contributed by atoms with Gasteiger partial charge in [0.05, 0.1) is 17.8 Å². The summed E-state index contributed by atoms with van der Waals surface area (Å²) in [6.07, 6.45) is -0.812. The van der Waals surface area contributed by atoms with E-state index in [1.807, 2.05) is 0 Å². The van der Waals surface area contributed by atoms with Gasteiger partial charge in [-0.05, 0) is 45.0 Å². The number of benzene rings is 2. The molecule has 0 atom stereocenters. The number of ether oxygens (including phenoxy) is 2. The van der Waals surface area contributed by atoms with Crippen molar-refractivity contribution in [3.05, 3.63) is 64.3 Å². The van der Waals surface area contributed by atoms with E-state index in [0.29, 0.717) is 27.0 Å². The maximum absolute atomic E-state index is 12.9. The summed E-state index contributed by atoms with van der Waals surface area (Å²) in [6, 6.07) is 14.0. The number of methoxy groups -OCH3 is 1. The van der Waals surface area contributed by atoms with E-state index in [0.717, 1.165) is 0 Å². The number of nitrogens with zero attached hydrogens (tertiary/aromatic N) is 2. The summed E-state index contributed by atoms with van der Waals surface area (Å²) in [7, 11) is 1.42. The molecule has 0 saturated heterocycles. The van der Waals surface area contributed by atoms with Crippen molar-refractivity contribution in [2.45, 2.75) is 26.4 Å². The van der Waals surface area contributed by atoms with Crippen LogP contribution in [0.3, 0.4) is 0 Å². The number of aromatic nitrogens is 2. The summed E-state index contributed by atoms with van der Waals surface area (Å²) in [5.74, 6) is -0.510. The van der Waals surface area contributed by atoms with Gasteiger partial charge in [0.25, 0.3) is 5.91 Å². The topological polar surface area (TPSA) is 94.5 Å². The van der Waals surface area contributed by atoms with E-state index < -0.39 is 17.6 Å². The number of amides is 2. The lowest BCUT2D eigenvalue weighted by molar-refractivity contribution is 0.0482. The fraction of sp³-hybridized carbons (Fsp3) is 0.227. The number of hydrogen-bond donors (Lipinski definition) is 2. The molecule has 0 fully saturated rings. The molecular weight excluding hydrogens is 455 g/mol. The van der Waals surface area contributed by atoms with E-state index in [1.54, 1.807) is 69.3 Å². The lowest BCUT2D eigenvalue weighted by Crippen LogP contribution is -2.44. The Labute approximate surface area is 195 Å². The summed E-state index contributed by atoms with van der Waals surface area (Å²) in [5, 5.41) is 5.41. The van der Waals surface area contributed by atoms with Gasteiger partial charge in [-0.3, -0.25) is 10.2 Å². The van der Waals surface area contributed by atoms with E-state index in [-0.39, 0.29) is 11.4 Å². The van der Waals surface area contributed by atoms with Crippen molar-refractivity contribution in [3.63, 3.8) is 0 Å². The number of carbonyl (C=O) groups is 2. The molecule has 3 rings (SSSR count). The first-order valence-corrected chi connectivity index (χ1v) is 10.3. The zero-order chi connectivity index (χ0) is 23.5. The Balaban J connectivity index is 2.05. The van der Waals surface area contributed by atoms with Crippen LogP contribution in [-0.2, 0) is 4.74 Å². The Bertz CT molecular complexity index is 1140. The van der Waals surface area contributed by atoms with Crippen LogP contribution in [0.5, 0.6) is 5.75 Å². The molecule has 2 aromatic carbocycles. The number of hydrazine groups is 1. The Hall–Kier alpha value is -3.23. The van der Waals surface area contributed by atoms with Crippen molar-refractivity contribution in [1.29, 1.82) is 0 Å². The molecule has 0 unspecified atom stereocenters. The van der Waals surface area contributed by atoms with E-state index in [4.69, 9.17) is 32.7 Å². The van der Waals surface area contributed by atoms with Crippen molar-refractivity contribution in [1.82, 2.24) is 20.6 Å². The number of nitrogens with one attached hydrogen (secondary N) is 2. The summed E-state index contributed by atoms with van der Waals surface area (Å²) in [6.45, 7) is 5.13. The molecule has 0 saturated carbocycles. The normalized spacial score (nSPS) is 11.1. The summed E-state index contributed by atoms with van der Waals surface area (Å²) < 4.78 is 12.2. The molecule has 168 valence electrons. The van der Waals surface area contributed by atoms with E-state index in [1.165, 1.54) is 11.8 Å². The second-order valence-electron chi connectivity index (χ2n) is 7.68. The third-order valence-corrected chi connectivity index (χ3v) is 4.71. The summed E-state index contributed by atoms with van der Waals surface area (Å²) >= 11 is 12.4. The number of halogens is 2. The average molecular weight is 477 g/mol. The lowest BCUT2D eigenvalue weighted by atomic mass is 10.1. The SMILES string of the molecule is COc1c(C(=O)NNC(=O)OC(C)(C)C)nn(-c2ccccc2Cl)c1-c1ccc(Cl)cc1. The van der Waals surface area contributed by atoms with Crippen molar-refractivity contribution in [2.24, 2.45) is 0 Å². The van der Waals surface area contributed by atoms with Crippen molar-refractivity contribution < 1.29 is 19.1 Å². The van der Waals surface area contributed by atoms with Crippen LogP contribution in [0.2, 0.25) is 10.0 Å². The second-order valence-corrected chi connectivity index (χ2v) is 8.53. The van der Waals surface area contributed by atoms with Crippen LogP contribution in [-0.4, -0.2) is 34.5 Å². The van der Waals surface area contributed by atoms with Crippen LogP contribution in [0.25, 0.3) is 16.9 Å². The van der Waals surface area contributed by atoms with Gasteiger partial charge in [-0.25, -0.2) is 14.9 Å². The molecule has 0 aliphatic carbocycles. The van der Waals surface area contributed by atoms with E-state index >= 15 is 0 Å². The van der Waals surface area contributed by atoms with Crippen molar-refractivity contribution in [2.75, 3.05) is 7.11 Å². The minimum Gasteiger partial charge on any atom is -0.492 e. The minimum absolute atomic E-state index is 0.0616. The number of para-hydroxylation sites is 1. The van der Waals surface area contributed by atoms with Gasteiger partial charge in [0.15, 0.2) is 11.4 Å². The van der Waals surface area contributed by atoms with Crippen LogP contribution in [0, 0.1) is 0 Å². The Kier molecular flexibility index (Phi) is 6.96. The highest BCUT2D eigenvalue weighted by molar-refractivity contribution is 6.32. The van der Waals surface area contributed by atoms with Gasteiger partial charge in [-0.15, -0.1) is 0 Å². The molecular formula is C22H22Cl2N4O4. The molecule has 0 radical (unpaired) electrons. The van der Waals surface area contributed by atoms with Gasteiger partial charge in [0, 0.05) is 10.6 Å². The van der Waals surface area contributed by atoms with Crippen molar-refractivity contribution >= 4 is 35.2 Å². The highest BCUT2D eigenvalue weighted by atomic mass is 35.5. The largest absolute Gasteiger partial charge is 0.492 e. The first-order chi connectivity index (χ1) is 15.1. The van der Waals surface area contributed by atoms with Gasteiger partial charge in [-0.2, -0.15) is 5.10 Å². The average Bonchev–Trinajstić information content (AvgIpc) is 3.11. The monoisotopic (exact) mass is 476 g/mol. The molecule has 0 aliphatic heterocycles. The van der Waals surface area contributed by atoms with Crippen LogP contribution >= 0.6 is 23.2 Å². The standard InChI is InChI=1S/C22H22Cl2N4O4/c1-22(2,3)32-21(30)26-25-20(29)17-19(31-4)18(13-9-11-14(23)12-10-13)28(27-17)16-8-6-5-7-15(16)24/h5-12H,1-4H3,(H,25,29)(H,26,30). The second kappa shape index (κ2) is 9.50. The van der Waals surface area contributed by atoms with Crippen LogP contribution < -0.4 is 15.6 Å². The number of carbonyl (C=O) groups excluding carboxylic acids is 2. The first-order valence-electron chi connectivity index (χ1n) is 9.58. The molecule has 3 aromatic rings. The third-order valence-electron chi connectivity index (χ3n) is 4.14. The van der Waals surface area contributed by atoms with Crippen LogP contribution in [0.15, 0.2) is 48.5 Å². The maximum atomic E-state index is 12.9. The van der Waals surface area contributed by atoms with Gasteiger partial charge >= 0.3 is 6.09 Å². The molecule has 1 heterocycles. The molecule has 0 bridgehead atoms. The molecule has 8 nitrogen and oxygen atoms in total. The molecule has 2 N–H and O–H groups in total. The quantitative estimate of drug-likeness (QED) is 0.515. The van der Waals surface area contributed by atoms with Gasteiger partial charge in [0.2, 0.25) is 0 Å². The van der Waals surface area contributed by atoms with Gasteiger partial charge in [0.1, 0.15) is 11.3 Å². The minimum atomic E-state index is -0.812. The zero-order valence-electron chi connectivity index (χ0n) is 17.9. The fourth-order valence-electron chi connectivity index (χ4n) is 2.88. The zero-order valence-corrected chi connectivity index (χ0v) is 19.4. The Morgan fingerprint density at radius 2 is 1.66 bits per heavy atom. The predicted octanol–water partition coefficient (Wildman–Crippen LogP) is 5.02. The first kappa shape index (κ1) is 23.4. The molecule has 0 spiro atoms. The summed E-state index contributed by atoms with van der Waals surface area (Å²) in [4.78, 5) is 24.8. The fourth-order valence-corrected chi connectivity index (χ4v) is 3.22. The Morgan fingerprint density at radius 1 is 1.00 bits per heavy atom. The van der Waals surface area contributed by atoms with Gasteiger partial charge in [-0.1, -0.05) is 47.5 Å². The van der Waals surface area contributed by atoms with Crippen molar-refractivity contribution in [3.8, 4) is 22.7 Å². The Morgan fingerprint density at radius 3 is 2.25 bits per heavy atom. The van der Waals surface area contributed by atoms with E-state index in [9.17, 15) is 9.59 Å². The number of hydrogen-bond acceptors (Lipinski definition) is 5. The third kappa shape index (κ3) is 5.33. The van der Waals surface area contributed by atoms with Crippen LogP contribution in [0.1, 0.15) is 31.3 Å². The molecule has 1 aromatic heterocycles. The number of rotatable bonds is 4. The molecule has 0 aliphatic rings. The lowest BCUT2D eigenvalue weighted by Gasteiger charge is -2.19. The smallest absolute Gasteiger partial charge is 0.426 e. The highest BCUT2D eigenvalue weighted by Crippen LogP contribution is 2.37. The van der Waals surface area contributed by atoms with Gasteiger partial charge < -0.3 is 9.47 Å². The predicted molar refractivity (Wildman–Crippen MR) is 122 cm³/mol. The highest BCUT2D eigenvalue weighted by Gasteiger charge is 2.27. The molecule has 2 amide bonds. The maximum Gasteiger partial charge on any atom is 0.426 e. The molecule has 10 heteroatoms. The summed E-state index contributed by atoms with van der Waals surface area (Å²) in [5.41, 5.74) is 5.43. The van der Waals surface area contributed by atoms with Crippen LogP contribution in [0.4, 0.5) is 4.79 Å².